The van der Waals surface area contributed by atoms with Gasteiger partial charge in [-0.2, -0.15) is 0 Å². The van der Waals surface area contributed by atoms with Gasteiger partial charge in [0.2, 0.25) is 0 Å². The molecule has 1 aliphatic rings. The smallest absolute Gasteiger partial charge is 0.316 e. The number of rotatable bonds is 6. The number of thioether (sulfide) groups is 1. The fraction of sp³-hybridized carbons (Fsp3) is 0.529. The van der Waals surface area contributed by atoms with Crippen LogP contribution < -0.4 is 0 Å². The fourth-order valence-electron chi connectivity index (χ4n) is 2.62. The lowest BCUT2D eigenvalue weighted by atomic mass is 10.2. The number of aryl methyl sites for hydroxylation is 2. The Bertz CT molecular complexity index is 810. The first-order valence-corrected chi connectivity index (χ1v) is 11.7. The van der Waals surface area contributed by atoms with Crippen molar-refractivity contribution < 1.29 is 22.7 Å². The van der Waals surface area contributed by atoms with Gasteiger partial charge in [0.15, 0.2) is 16.4 Å². The van der Waals surface area contributed by atoms with Crippen molar-refractivity contribution in [1.82, 2.24) is 4.90 Å². The first-order valence-electron chi connectivity index (χ1n) is 8.10. The fourth-order valence-corrected chi connectivity index (χ4v) is 5.75. The van der Waals surface area contributed by atoms with Crippen molar-refractivity contribution in [1.29, 1.82) is 0 Å². The van der Waals surface area contributed by atoms with E-state index in [2.05, 4.69) is 15.9 Å². The summed E-state index contributed by atoms with van der Waals surface area (Å²) in [4.78, 5) is 26.4. The van der Waals surface area contributed by atoms with Crippen LogP contribution in [0.3, 0.4) is 0 Å². The molecule has 0 saturated carbocycles. The van der Waals surface area contributed by atoms with E-state index >= 15 is 0 Å². The van der Waals surface area contributed by atoms with Crippen LogP contribution in [0.2, 0.25) is 0 Å². The molecule has 0 N–H and O–H groups in total. The Hall–Kier alpha value is -1.06. The van der Waals surface area contributed by atoms with Crippen LogP contribution in [-0.4, -0.2) is 62.1 Å². The predicted octanol–water partition coefficient (Wildman–Crippen LogP) is 2.35. The van der Waals surface area contributed by atoms with Gasteiger partial charge in [-0.15, -0.1) is 11.8 Å². The molecule has 1 heterocycles. The number of halogens is 1. The Labute approximate surface area is 166 Å². The van der Waals surface area contributed by atoms with Gasteiger partial charge in [-0.05, 0) is 43.5 Å². The summed E-state index contributed by atoms with van der Waals surface area (Å²) in [7, 11) is -1.52. The zero-order valence-electron chi connectivity index (χ0n) is 15.0. The van der Waals surface area contributed by atoms with E-state index in [1.807, 2.05) is 26.0 Å². The average Bonchev–Trinajstić information content (AvgIpc) is 2.93. The molecule has 1 saturated heterocycles. The number of benzene rings is 1. The molecule has 1 aromatic carbocycles. The predicted molar refractivity (Wildman–Crippen MR) is 105 cm³/mol. The minimum atomic E-state index is -3.06. The van der Waals surface area contributed by atoms with Gasteiger partial charge < -0.3 is 9.64 Å². The highest BCUT2D eigenvalue weighted by atomic mass is 79.9. The highest BCUT2D eigenvalue weighted by Crippen LogP contribution is 2.28. The molecule has 1 aromatic rings. The van der Waals surface area contributed by atoms with Gasteiger partial charge in [-0.25, -0.2) is 8.42 Å². The molecule has 0 aromatic heterocycles. The number of sulfone groups is 1. The largest absolute Gasteiger partial charge is 0.455 e. The van der Waals surface area contributed by atoms with Crippen molar-refractivity contribution in [3.8, 4) is 0 Å². The van der Waals surface area contributed by atoms with Crippen molar-refractivity contribution in [3.05, 3.63) is 27.7 Å². The van der Waals surface area contributed by atoms with Crippen LogP contribution in [0, 0.1) is 13.8 Å². The second-order valence-electron chi connectivity index (χ2n) is 6.38. The number of amides is 1. The van der Waals surface area contributed by atoms with Gasteiger partial charge >= 0.3 is 5.97 Å². The first kappa shape index (κ1) is 21.2. The summed E-state index contributed by atoms with van der Waals surface area (Å²) in [5.41, 5.74) is 2.13. The van der Waals surface area contributed by atoms with Crippen LogP contribution in [0.15, 0.2) is 21.5 Å². The molecule has 26 heavy (non-hydrogen) atoms. The zero-order valence-corrected chi connectivity index (χ0v) is 18.2. The maximum Gasteiger partial charge on any atom is 0.316 e. The Kier molecular flexibility index (Phi) is 7.15. The molecule has 0 aliphatic carbocycles. The Morgan fingerprint density at radius 2 is 2.00 bits per heavy atom. The van der Waals surface area contributed by atoms with Crippen LogP contribution in [0.4, 0.5) is 0 Å². The van der Waals surface area contributed by atoms with Gasteiger partial charge in [-0.1, -0.05) is 15.9 Å². The van der Waals surface area contributed by atoms with E-state index in [1.165, 1.54) is 16.7 Å². The molecule has 0 unspecified atom stereocenters. The van der Waals surface area contributed by atoms with E-state index in [4.69, 9.17) is 4.74 Å². The minimum absolute atomic E-state index is 0.0266. The lowest BCUT2D eigenvalue weighted by Gasteiger charge is -2.23. The van der Waals surface area contributed by atoms with Crippen LogP contribution in [0.25, 0.3) is 0 Å². The number of hydrogen-bond acceptors (Lipinski definition) is 6. The lowest BCUT2D eigenvalue weighted by Crippen LogP contribution is -2.40. The number of esters is 1. The second-order valence-corrected chi connectivity index (χ2v) is 10.5. The molecular formula is C17H22BrNO5S2. The van der Waals surface area contributed by atoms with E-state index in [1.54, 1.807) is 7.05 Å². The molecule has 9 heteroatoms. The summed E-state index contributed by atoms with van der Waals surface area (Å²) in [6.07, 6.45) is 0.427. The zero-order chi connectivity index (χ0) is 19.5. The molecule has 0 bridgehead atoms. The summed E-state index contributed by atoms with van der Waals surface area (Å²) in [6, 6.07) is 3.66. The molecule has 2 rings (SSSR count). The summed E-state index contributed by atoms with van der Waals surface area (Å²) in [6.45, 7) is 3.57. The number of nitrogens with zero attached hydrogens (tertiary/aromatic N) is 1. The summed E-state index contributed by atoms with van der Waals surface area (Å²) >= 11 is 4.83. The molecule has 0 radical (unpaired) electrons. The second kappa shape index (κ2) is 8.75. The van der Waals surface area contributed by atoms with Crippen molar-refractivity contribution in [2.45, 2.75) is 31.2 Å². The number of carbonyl (C=O) groups excluding carboxylic acids is 2. The van der Waals surface area contributed by atoms with Gasteiger partial charge in [-0.3, -0.25) is 9.59 Å². The van der Waals surface area contributed by atoms with Gasteiger partial charge in [0.25, 0.3) is 5.91 Å². The van der Waals surface area contributed by atoms with Crippen molar-refractivity contribution in [3.63, 3.8) is 0 Å². The maximum atomic E-state index is 12.1. The van der Waals surface area contributed by atoms with Gasteiger partial charge in [0.05, 0.1) is 17.3 Å². The number of ether oxygens (including phenoxy) is 1. The highest BCUT2D eigenvalue weighted by Gasteiger charge is 2.32. The highest BCUT2D eigenvalue weighted by molar-refractivity contribution is 9.10. The van der Waals surface area contributed by atoms with Gasteiger partial charge in [0, 0.05) is 22.5 Å². The average molecular weight is 464 g/mol. The van der Waals surface area contributed by atoms with Crippen molar-refractivity contribution in [2.24, 2.45) is 0 Å². The summed E-state index contributed by atoms with van der Waals surface area (Å²) in [5.74, 6) is -0.688. The maximum absolute atomic E-state index is 12.1. The SMILES string of the molecule is Cc1cc(SCC(=O)OCC(=O)N(C)[C@@H]2CCS(=O)(=O)C2)c(C)cc1Br. The molecule has 1 fully saturated rings. The first-order chi connectivity index (χ1) is 12.1. The third-order valence-corrected chi connectivity index (χ3v) is 8.04. The standard InChI is InChI=1S/C17H22BrNO5S2/c1-11-7-15(12(2)6-14(11)18)25-9-17(21)24-8-16(20)19(3)13-4-5-26(22,23)10-13/h6-7,13H,4-5,8-10H2,1-3H3/t13-/m1/s1. The molecule has 1 aliphatic heterocycles. The normalized spacial score (nSPS) is 18.5. The van der Waals surface area contributed by atoms with Crippen LogP contribution in [0.5, 0.6) is 0 Å². The number of carbonyl (C=O) groups is 2. The summed E-state index contributed by atoms with van der Waals surface area (Å²) in [5, 5.41) is 0. The Morgan fingerprint density at radius 3 is 2.62 bits per heavy atom. The molecule has 6 nitrogen and oxygen atoms in total. The third kappa shape index (κ3) is 5.72. The van der Waals surface area contributed by atoms with Crippen molar-refractivity contribution >= 4 is 49.4 Å². The minimum Gasteiger partial charge on any atom is -0.455 e. The summed E-state index contributed by atoms with van der Waals surface area (Å²) < 4.78 is 29.1. The van der Waals surface area contributed by atoms with E-state index < -0.39 is 15.8 Å². The molecular weight excluding hydrogens is 442 g/mol. The van der Waals surface area contributed by atoms with E-state index in [0.29, 0.717) is 6.42 Å². The number of hydrogen-bond donors (Lipinski definition) is 0. The number of likely N-dealkylation sites (N-methyl/N-ethyl adjacent to an activating group) is 1. The molecule has 1 atom stereocenters. The van der Waals surface area contributed by atoms with Crippen LogP contribution in [-0.2, 0) is 24.2 Å². The topological polar surface area (TPSA) is 80.8 Å². The molecule has 1 amide bonds. The molecule has 0 spiro atoms. The Morgan fingerprint density at radius 1 is 1.31 bits per heavy atom. The lowest BCUT2D eigenvalue weighted by molar-refractivity contribution is -0.150. The van der Waals surface area contributed by atoms with Crippen LogP contribution in [0.1, 0.15) is 17.5 Å². The van der Waals surface area contributed by atoms with Crippen LogP contribution >= 0.6 is 27.7 Å². The Balaban J connectivity index is 1.80. The van der Waals surface area contributed by atoms with Crippen molar-refractivity contribution in [2.75, 3.05) is 30.9 Å². The molecule has 144 valence electrons. The third-order valence-electron chi connectivity index (χ3n) is 4.31. The quantitative estimate of drug-likeness (QED) is 0.475. The van der Waals surface area contributed by atoms with Gasteiger partial charge in [0.1, 0.15) is 0 Å². The monoisotopic (exact) mass is 463 g/mol. The van der Waals surface area contributed by atoms with E-state index in [-0.39, 0.29) is 35.8 Å². The van der Waals surface area contributed by atoms with E-state index in [9.17, 15) is 18.0 Å². The van der Waals surface area contributed by atoms with E-state index in [0.717, 1.165) is 20.5 Å².